The Morgan fingerprint density at radius 3 is 2.18 bits per heavy atom. The molecule has 0 aromatic heterocycles. The van der Waals surface area contributed by atoms with Crippen molar-refractivity contribution in [3.63, 3.8) is 0 Å². The maximum Gasteiger partial charge on any atom is 0.313 e. The molecule has 120 valence electrons. The predicted molar refractivity (Wildman–Crippen MR) is 87.9 cm³/mol. The maximum atomic E-state index is 12.2. The summed E-state index contributed by atoms with van der Waals surface area (Å²) in [6.45, 7) is 10.2. The largest absolute Gasteiger partial charge is 0.332 e. The minimum atomic E-state index is -0.553. The lowest BCUT2D eigenvalue weighted by atomic mass is 10.0. The van der Waals surface area contributed by atoms with Crippen molar-refractivity contribution in [2.24, 2.45) is 0 Å². The van der Waals surface area contributed by atoms with Gasteiger partial charge in [-0.05, 0) is 30.2 Å². The molecule has 22 heavy (non-hydrogen) atoms. The first-order valence-corrected chi connectivity index (χ1v) is 7.93. The minimum Gasteiger partial charge on any atom is -0.332 e. The van der Waals surface area contributed by atoms with E-state index in [1.807, 2.05) is 24.3 Å². The molecule has 0 spiro atoms. The van der Waals surface area contributed by atoms with Crippen molar-refractivity contribution in [1.29, 1.82) is 0 Å². The summed E-state index contributed by atoms with van der Waals surface area (Å²) in [6, 6.07) is 7.64. The van der Waals surface area contributed by atoms with Gasteiger partial charge in [0.25, 0.3) is 0 Å². The molecule has 1 heterocycles. The number of nitrogens with zero attached hydrogens (tertiary/aromatic N) is 2. The molecule has 1 N–H and O–H groups in total. The number of likely N-dealkylation sites (N-methyl/N-ethyl adjacent to an activating group) is 1. The van der Waals surface area contributed by atoms with Crippen LogP contribution in [0.1, 0.15) is 32.3 Å². The van der Waals surface area contributed by atoms with Crippen LogP contribution in [-0.4, -0.2) is 54.3 Å². The van der Waals surface area contributed by atoms with Crippen LogP contribution in [0.15, 0.2) is 24.3 Å². The lowest BCUT2D eigenvalue weighted by molar-refractivity contribution is -0.144. The van der Waals surface area contributed by atoms with E-state index in [0.717, 1.165) is 19.6 Å². The summed E-state index contributed by atoms with van der Waals surface area (Å²) in [4.78, 5) is 28.1. The van der Waals surface area contributed by atoms with Crippen molar-refractivity contribution < 1.29 is 9.59 Å². The summed E-state index contributed by atoms with van der Waals surface area (Å²) < 4.78 is 0. The predicted octanol–water partition coefficient (Wildman–Crippen LogP) is 1.91. The molecule has 5 heteroatoms. The Morgan fingerprint density at radius 1 is 1.09 bits per heavy atom. The van der Waals surface area contributed by atoms with Crippen molar-refractivity contribution in [2.45, 2.75) is 26.7 Å². The van der Waals surface area contributed by atoms with Crippen LogP contribution in [0.5, 0.6) is 0 Å². The monoisotopic (exact) mass is 303 g/mol. The Hall–Kier alpha value is -1.88. The van der Waals surface area contributed by atoms with Gasteiger partial charge in [0.1, 0.15) is 0 Å². The van der Waals surface area contributed by atoms with E-state index in [2.05, 4.69) is 31.0 Å². The first-order chi connectivity index (χ1) is 10.5. The molecule has 1 aliphatic heterocycles. The molecule has 5 nitrogen and oxygen atoms in total. The molecule has 0 radical (unpaired) electrons. The molecule has 0 atom stereocenters. The highest BCUT2D eigenvalue weighted by molar-refractivity contribution is 6.39. The lowest BCUT2D eigenvalue weighted by Crippen LogP contribution is -2.51. The van der Waals surface area contributed by atoms with Crippen molar-refractivity contribution in [3.05, 3.63) is 29.8 Å². The zero-order valence-electron chi connectivity index (χ0n) is 13.6. The number of carbonyl (C=O) groups is 2. The number of hydrogen-bond acceptors (Lipinski definition) is 3. The second kappa shape index (κ2) is 7.40. The van der Waals surface area contributed by atoms with E-state index in [-0.39, 0.29) is 0 Å². The molecular formula is C17H25N3O2. The molecule has 1 fully saturated rings. The summed E-state index contributed by atoms with van der Waals surface area (Å²) in [5.41, 5.74) is 1.87. The van der Waals surface area contributed by atoms with Crippen LogP contribution in [-0.2, 0) is 9.59 Å². The number of amides is 2. The fourth-order valence-corrected chi connectivity index (χ4v) is 2.55. The van der Waals surface area contributed by atoms with E-state index in [4.69, 9.17) is 0 Å². The second-order valence-corrected chi connectivity index (χ2v) is 5.96. The van der Waals surface area contributed by atoms with E-state index < -0.39 is 11.8 Å². The quantitative estimate of drug-likeness (QED) is 0.868. The first-order valence-electron chi connectivity index (χ1n) is 7.93. The van der Waals surface area contributed by atoms with Crippen LogP contribution in [0.25, 0.3) is 0 Å². The molecule has 1 aromatic rings. The van der Waals surface area contributed by atoms with Crippen LogP contribution in [0.4, 0.5) is 5.69 Å². The number of nitrogens with one attached hydrogen (secondary N) is 1. The Labute approximate surface area is 132 Å². The summed E-state index contributed by atoms with van der Waals surface area (Å²) in [5, 5.41) is 2.69. The van der Waals surface area contributed by atoms with E-state index in [0.29, 0.717) is 24.7 Å². The van der Waals surface area contributed by atoms with Gasteiger partial charge in [-0.3, -0.25) is 9.59 Å². The van der Waals surface area contributed by atoms with Gasteiger partial charge < -0.3 is 15.1 Å². The molecule has 0 bridgehead atoms. The van der Waals surface area contributed by atoms with Gasteiger partial charge in [-0.1, -0.05) is 32.9 Å². The molecule has 1 aliphatic rings. The first kappa shape index (κ1) is 16.5. The van der Waals surface area contributed by atoms with E-state index in [9.17, 15) is 9.59 Å². The second-order valence-electron chi connectivity index (χ2n) is 5.96. The number of anilines is 1. The average molecular weight is 303 g/mol. The van der Waals surface area contributed by atoms with Crippen molar-refractivity contribution >= 4 is 17.5 Å². The minimum absolute atomic E-state index is 0.441. The molecule has 2 rings (SSSR count). The molecule has 0 saturated carbocycles. The third-order valence-electron chi connectivity index (χ3n) is 4.14. The fourth-order valence-electron chi connectivity index (χ4n) is 2.55. The van der Waals surface area contributed by atoms with Crippen LogP contribution in [0.3, 0.4) is 0 Å². The highest BCUT2D eigenvalue weighted by atomic mass is 16.2. The standard InChI is InChI=1S/C17H25N3O2/c1-4-19-9-11-20(12-10-19)17(22)16(21)18-15-7-5-14(6-8-15)13(2)3/h5-8,13H,4,9-12H2,1-3H3,(H,18,21). The third kappa shape index (κ3) is 4.07. The topological polar surface area (TPSA) is 52.7 Å². The number of carbonyl (C=O) groups excluding carboxylic acids is 2. The summed E-state index contributed by atoms with van der Waals surface area (Å²) >= 11 is 0. The summed E-state index contributed by atoms with van der Waals surface area (Å²) in [6.07, 6.45) is 0. The molecule has 2 amide bonds. The molecule has 1 aromatic carbocycles. The highest BCUT2D eigenvalue weighted by Crippen LogP contribution is 2.17. The molecule has 0 aliphatic carbocycles. The van der Waals surface area contributed by atoms with Crippen LogP contribution >= 0.6 is 0 Å². The SMILES string of the molecule is CCN1CCN(C(=O)C(=O)Nc2ccc(C(C)C)cc2)CC1. The average Bonchev–Trinajstić information content (AvgIpc) is 2.54. The number of piperazine rings is 1. The number of benzene rings is 1. The highest BCUT2D eigenvalue weighted by Gasteiger charge is 2.25. The van der Waals surface area contributed by atoms with Crippen molar-refractivity contribution in [3.8, 4) is 0 Å². The Balaban J connectivity index is 1.90. The van der Waals surface area contributed by atoms with Gasteiger partial charge in [0.05, 0.1) is 0 Å². The van der Waals surface area contributed by atoms with Crippen LogP contribution in [0.2, 0.25) is 0 Å². The van der Waals surface area contributed by atoms with E-state index in [1.54, 1.807) is 4.90 Å². The zero-order chi connectivity index (χ0) is 16.1. The molecule has 0 unspecified atom stereocenters. The number of rotatable bonds is 3. The van der Waals surface area contributed by atoms with Gasteiger partial charge in [-0.25, -0.2) is 0 Å². The maximum absolute atomic E-state index is 12.2. The lowest BCUT2D eigenvalue weighted by Gasteiger charge is -2.33. The van der Waals surface area contributed by atoms with E-state index in [1.165, 1.54) is 5.56 Å². The Bertz CT molecular complexity index is 517. The smallest absolute Gasteiger partial charge is 0.313 e. The van der Waals surface area contributed by atoms with Crippen LogP contribution < -0.4 is 5.32 Å². The van der Waals surface area contributed by atoms with Gasteiger partial charge in [0.2, 0.25) is 0 Å². The van der Waals surface area contributed by atoms with Gasteiger partial charge >= 0.3 is 11.8 Å². The van der Waals surface area contributed by atoms with Gasteiger partial charge in [-0.15, -0.1) is 0 Å². The van der Waals surface area contributed by atoms with Gasteiger partial charge in [-0.2, -0.15) is 0 Å². The third-order valence-corrected chi connectivity index (χ3v) is 4.14. The van der Waals surface area contributed by atoms with Gasteiger partial charge in [0.15, 0.2) is 0 Å². The van der Waals surface area contributed by atoms with Gasteiger partial charge in [0, 0.05) is 31.9 Å². The Kier molecular flexibility index (Phi) is 5.55. The normalized spacial score (nSPS) is 15.9. The molecule has 1 saturated heterocycles. The number of hydrogen-bond donors (Lipinski definition) is 1. The summed E-state index contributed by atoms with van der Waals surface area (Å²) in [7, 11) is 0. The molecular weight excluding hydrogens is 278 g/mol. The summed E-state index contributed by atoms with van der Waals surface area (Å²) in [5.74, 6) is -0.549. The van der Waals surface area contributed by atoms with Crippen molar-refractivity contribution in [1.82, 2.24) is 9.80 Å². The Morgan fingerprint density at radius 2 is 1.68 bits per heavy atom. The van der Waals surface area contributed by atoms with Crippen molar-refractivity contribution in [2.75, 3.05) is 38.0 Å². The fraction of sp³-hybridized carbons (Fsp3) is 0.529. The zero-order valence-corrected chi connectivity index (χ0v) is 13.6. The van der Waals surface area contributed by atoms with Crippen LogP contribution in [0, 0.1) is 0 Å². The van der Waals surface area contributed by atoms with E-state index >= 15 is 0 Å².